The van der Waals surface area contributed by atoms with Crippen LogP contribution in [0.1, 0.15) is 27.6 Å². The lowest BCUT2D eigenvalue weighted by Gasteiger charge is -2.17. The fraction of sp³-hybridized carbons (Fsp3) is 0.286. The molecule has 1 aromatic heterocycles. The third-order valence-corrected chi connectivity index (χ3v) is 4.72. The first-order valence-corrected chi connectivity index (χ1v) is 6.97. The van der Waals surface area contributed by atoms with Crippen LogP contribution in [0.15, 0.2) is 23.6 Å². The van der Waals surface area contributed by atoms with Crippen LogP contribution >= 0.6 is 22.9 Å². The fourth-order valence-electron chi connectivity index (χ4n) is 1.96. The highest BCUT2D eigenvalue weighted by Gasteiger charge is 2.21. The molecule has 0 saturated carbocycles. The van der Waals surface area contributed by atoms with Gasteiger partial charge in [-0.2, -0.15) is 0 Å². The molecule has 0 amide bonds. The lowest BCUT2D eigenvalue weighted by atomic mass is 10.0. The standard InChI is InChI=1S/C14H15ClFNS/c1-8-4-5-11(16)10(6-8)13(17-3)14-12(15)9(2)7-18-14/h4-7,13,17H,1-3H3. The lowest BCUT2D eigenvalue weighted by molar-refractivity contribution is 0.578. The van der Waals surface area contributed by atoms with Gasteiger partial charge in [-0.1, -0.05) is 29.3 Å². The second-order valence-electron chi connectivity index (χ2n) is 4.34. The molecule has 2 rings (SSSR count). The van der Waals surface area contributed by atoms with E-state index in [1.165, 1.54) is 6.07 Å². The highest BCUT2D eigenvalue weighted by atomic mass is 35.5. The van der Waals surface area contributed by atoms with Crippen molar-refractivity contribution in [2.24, 2.45) is 0 Å². The molecule has 0 saturated heterocycles. The molecule has 1 N–H and O–H groups in total. The Balaban J connectivity index is 2.51. The molecule has 0 radical (unpaired) electrons. The predicted octanol–water partition coefficient (Wildman–Crippen LogP) is 4.47. The highest BCUT2D eigenvalue weighted by molar-refractivity contribution is 7.10. The molecule has 0 bridgehead atoms. The first kappa shape index (κ1) is 13.5. The maximum atomic E-state index is 14.0. The van der Waals surface area contributed by atoms with Crippen molar-refractivity contribution in [1.29, 1.82) is 0 Å². The highest BCUT2D eigenvalue weighted by Crippen LogP contribution is 2.36. The Bertz CT molecular complexity index is 565. The van der Waals surface area contributed by atoms with Crippen molar-refractivity contribution in [2.45, 2.75) is 19.9 Å². The SMILES string of the molecule is CNC(c1cc(C)ccc1F)c1scc(C)c1Cl. The molecule has 0 aliphatic heterocycles. The van der Waals surface area contributed by atoms with Gasteiger partial charge < -0.3 is 5.32 Å². The molecule has 1 heterocycles. The zero-order valence-corrected chi connectivity index (χ0v) is 12.1. The molecule has 0 spiro atoms. The van der Waals surface area contributed by atoms with Crippen molar-refractivity contribution in [3.05, 3.63) is 56.0 Å². The second kappa shape index (κ2) is 5.39. The minimum atomic E-state index is -0.206. The minimum absolute atomic E-state index is 0.198. The van der Waals surface area contributed by atoms with Gasteiger partial charge in [0.05, 0.1) is 11.1 Å². The summed E-state index contributed by atoms with van der Waals surface area (Å²) in [6, 6.07) is 4.94. The Labute approximate surface area is 116 Å². The van der Waals surface area contributed by atoms with E-state index in [0.717, 1.165) is 21.0 Å². The average molecular weight is 284 g/mol. The van der Waals surface area contributed by atoms with Crippen molar-refractivity contribution < 1.29 is 4.39 Å². The Morgan fingerprint density at radius 1 is 1.33 bits per heavy atom. The minimum Gasteiger partial charge on any atom is -0.309 e. The van der Waals surface area contributed by atoms with E-state index >= 15 is 0 Å². The Hall–Kier alpha value is -0.900. The Morgan fingerprint density at radius 3 is 2.61 bits per heavy atom. The van der Waals surface area contributed by atoms with Crippen LogP contribution in [0.4, 0.5) is 4.39 Å². The van der Waals surface area contributed by atoms with E-state index < -0.39 is 0 Å². The Kier molecular flexibility index (Phi) is 4.05. The van der Waals surface area contributed by atoms with Gasteiger partial charge in [0, 0.05) is 10.4 Å². The molecule has 0 aliphatic rings. The van der Waals surface area contributed by atoms with E-state index in [-0.39, 0.29) is 11.9 Å². The summed E-state index contributed by atoms with van der Waals surface area (Å²) < 4.78 is 14.0. The predicted molar refractivity (Wildman–Crippen MR) is 76.1 cm³/mol. The van der Waals surface area contributed by atoms with Crippen LogP contribution in [0, 0.1) is 19.7 Å². The van der Waals surface area contributed by atoms with E-state index in [0.29, 0.717) is 5.56 Å². The van der Waals surface area contributed by atoms with Gasteiger partial charge in [-0.25, -0.2) is 4.39 Å². The number of halogens is 2. The van der Waals surface area contributed by atoms with Gasteiger partial charge in [0.2, 0.25) is 0 Å². The molecular weight excluding hydrogens is 269 g/mol. The van der Waals surface area contributed by atoms with Crippen molar-refractivity contribution in [1.82, 2.24) is 5.32 Å². The summed E-state index contributed by atoms with van der Waals surface area (Å²) in [5, 5.41) is 5.86. The normalized spacial score (nSPS) is 12.7. The first-order valence-electron chi connectivity index (χ1n) is 5.71. The van der Waals surface area contributed by atoms with Gasteiger partial charge in [0.1, 0.15) is 5.82 Å². The molecule has 1 nitrogen and oxygen atoms in total. The average Bonchev–Trinajstić information content (AvgIpc) is 2.67. The summed E-state index contributed by atoms with van der Waals surface area (Å²) in [4.78, 5) is 0.959. The molecule has 0 aliphatic carbocycles. The van der Waals surface area contributed by atoms with Crippen molar-refractivity contribution in [2.75, 3.05) is 7.05 Å². The smallest absolute Gasteiger partial charge is 0.128 e. The maximum Gasteiger partial charge on any atom is 0.128 e. The zero-order valence-electron chi connectivity index (χ0n) is 10.6. The van der Waals surface area contributed by atoms with Crippen molar-refractivity contribution >= 4 is 22.9 Å². The fourth-order valence-corrected chi connectivity index (χ4v) is 3.39. The Morgan fingerprint density at radius 2 is 2.06 bits per heavy atom. The van der Waals surface area contributed by atoms with Gasteiger partial charge in [0.15, 0.2) is 0 Å². The quantitative estimate of drug-likeness (QED) is 0.876. The molecule has 1 aromatic carbocycles. The van der Waals surface area contributed by atoms with Gasteiger partial charge >= 0.3 is 0 Å². The number of thiophene rings is 1. The summed E-state index contributed by atoms with van der Waals surface area (Å²) in [7, 11) is 1.82. The number of benzene rings is 1. The molecule has 0 fully saturated rings. The molecule has 4 heteroatoms. The summed E-state index contributed by atoms with van der Waals surface area (Å²) in [6.07, 6.45) is 0. The third-order valence-electron chi connectivity index (χ3n) is 2.94. The van der Waals surface area contributed by atoms with E-state index in [1.54, 1.807) is 17.4 Å². The van der Waals surface area contributed by atoms with Crippen LogP contribution in [-0.4, -0.2) is 7.05 Å². The van der Waals surface area contributed by atoms with Crippen LogP contribution in [0.2, 0.25) is 5.02 Å². The molecule has 1 atom stereocenters. The van der Waals surface area contributed by atoms with E-state index in [9.17, 15) is 4.39 Å². The van der Waals surface area contributed by atoms with E-state index in [1.807, 2.05) is 32.3 Å². The number of hydrogen-bond acceptors (Lipinski definition) is 2. The maximum absolute atomic E-state index is 14.0. The number of nitrogens with one attached hydrogen (secondary N) is 1. The monoisotopic (exact) mass is 283 g/mol. The summed E-state index contributed by atoms with van der Waals surface area (Å²) in [5.74, 6) is -0.206. The zero-order chi connectivity index (χ0) is 13.3. The van der Waals surface area contributed by atoms with Crippen LogP contribution in [0.5, 0.6) is 0 Å². The number of aryl methyl sites for hydroxylation is 2. The molecule has 1 unspecified atom stereocenters. The van der Waals surface area contributed by atoms with E-state index in [4.69, 9.17) is 11.6 Å². The first-order chi connectivity index (χ1) is 8.54. The lowest BCUT2D eigenvalue weighted by Crippen LogP contribution is -2.18. The van der Waals surface area contributed by atoms with Gasteiger partial charge in [-0.05, 0) is 37.9 Å². The summed E-state index contributed by atoms with van der Waals surface area (Å²) >= 11 is 7.83. The molecule has 18 heavy (non-hydrogen) atoms. The van der Waals surface area contributed by atoms with Gasteiger partial charge in [0.25, 0.3) is 0 Å². The van der Waals surface area contributed by atoms with Gasteiger partial charge in [-0.15, -0.1) is 11.3 Å². The topological polar surface area (TPSA) is 12.0 Å². The van der Waals surface area contributed by atoms with Crippen LogP contribution in [0.25, 0.3) is 0 Å². The van der Waals surface area contributed by atoms with E-state index in [2.05, 4.69) is 5.32 Å². The molecular formula is C14H15ClFNS. The summed E-state index contributed by atoms with van der Waals surface area (Å²) in [6.45, 7) is 3.92. The van der Waals surface area contributed by atoms with Crippen LogP contribution in [0.3, 0.4) is 0 Å². The van der Waals surface area contributed by atoms with Crippen LogP contribution in [-0.2, 0) is 0 Å². The van der Waals surface area contributed by atoms with Gasteiger partial charge in [-0.3, -0.25) is 0 Å². The van der Waals surface area contributed by atoms with Crippen molar-refractivity contribution in [3.8, 4) is 0 Å². The number of rotatable bonds is 3. The largest absolute Gasteiger partial charge is 0.309 e. The third kappa shape index (κ3) is 2.44. The van der Waals surface area contributed by atoms with Crippen LogP contribution < -0.4 is 5.32 Å². The molecule has 96 valence electrons. The van der Waals surface area contributed by atoms with Crippen molar-refractivity contribution in [3.63, 3.8) is 0 Å². The number of hydrogen-bond donors (Lipinski definition) is 1. The second-order valence-corrected chi connectivity index (χ2v) is 5.63. The summed E-state index contributed by atoms with van der Waals surface area (Å²) in [5.41, 5.74) is 2.71. The molecule has 2 aromatic rings.